The molecular weight excluding hydrogens is 356 g/mol. The Morgan fingerprint density at radius 1 is 1.04 bits per heavy atom. The van der Waals surface area contributed by atoms with E-state index >= 15 is 0 Å². The first kappa shape index (κ1) is 19.6. The largest absolute Gasteiger partial charge is 0.481 e. The maximum absolute atomic E-state index is 13.0. The van der Waals surface area contributed by atoms with E-state index in [9.17, 15) is 19.5 Å². The molecule has 146 valence electrons. The summed E-state index contributed by atoms with van der Waals surface area (Å²) in [5.74, 6) is -2.28. The van der Waals surface area contributed by atoms with Crippen LogP contribution in [0.5, 0.6) is 0 Å². The van der Waals surface area contributed by atoms with E-state index in [0.29, 0.717) is 24.2 Å². The molecule has 28 heavy (non-hydrogen) atoms. The van der Waals surface area contributed by atoms with Gasteiger partial charge in [-0.05, 0) is 30.2 Å². The third-order valence-corrected chi connectivity index (χ3v) is 5.06. The van der Waals surface area contributed by atoms with Gasteiger partial charge in [-0.3, -0.25) is 14.4 Å². The maximum atomic E-state index is 13.0. The van der Waals surface area contributed by atoms with Crippen molar-refractivity contribution in [2.75, 3.05) is 19.6 Å². The number of likely N-dealkylation sites (tertiary alicyclic amines) is 1. The normalized spacial score (nSPS) is 18.7. The second kappa shape index (κ2) is 8.69. The lowest BCUT2D eigenvalue weighted by atomic mass is 9.89. The van der Waals surface area contributed by atoms with Crippen LogP contribution >= 0.6 is 0 Å². The van der Waals surface area contributed by atoms with Gasteiger partial charge in [-0.25, -0.2) is 0 Å². The molecule has 0 aliphatic carbocycles. The highest BCUT2D eigenvalue weighted by Gasteiger charge is 2.40. The number of carbonyl (C=O) groups is 3. The molecule has 1 aliphatic rings. The second-order valence-corrected chi connectivity index (χ2v) is 7.01. The molecule has 0 bridgehead atoms. The zero-order valence-electron chi connectivity index (χ0n) is 15.8. The van der Waals surface area contributed by atoms with Crippen LogP contribution in [0.25, 0.3) is 0 Å². The van der Waals surface area contributed by atoms with E-state index in [4.69, 9.17) is 0 Å². The fourth-order valence-corrected chi connectivity index (χ4v) is 3.57. The first-order valence-corrected chi connectivity index (χ1v) is 9.46. The zero-order chi connectivity index (χ0) is 20.1. The van der Waals surface area contributed by atoms with Gasteiger partial charge in [-0.15, -0.1) is 0 Å². The Bertz CT molecular complexity index is 866. The Hall–Kier alpha value is -3.15. The molecule has 0 unspecified atom stereocenters. The van der Waals surface area contributed by atoms with Crippen molar-refractivity contribution < 1.29 is 19.5 Å². The standard InChI is InChI=1S/C22H24N2O4/c1-2-11-23-20(25)16-9-6-10-17(12-16)21(26)24-13-18(19(14-24)22(27)28)15-7-4-3-5-8-15/h3-10,12,18-19H,2,11,13-14H2,1H3,(H,23,25)(H,27,28)/t18-,19-/m0/s1. The number of nitrogens with zero attached hydrogens (tertiary/aromatic N) is 1. The van der Waals surface area contributed by atoms with Crippen molar-refractivity contribution in [3.63, 3.8) is 0 Å². The Balaban J connectivity index is 1.79. The molecule has 2 amide bonds. The quantitative estimate of drug-likeness (QED) is 0.807. The molecule has 3 rings (SSSR count). The molecule has 1 heterocycles. The molecule has 1 aliphatic heterocycles. The smallest absolute Gasteiger partial charge is 0.308 e. The highest BCUT2D eigenvalue weighted by molar-refractivity contribution is 6.00. The fraction of sp³-hybridized carbons (Fsp3) is 0.318. The average Bonchev–Trinajstić information content (AvgIpc) is 3.18. The van der Waals surface area contributed by atoms with Crippen molar-refractivity contribution in [2.24, 2.45) is 5.92 Å². The first-order valence-electron chi connectivity index (χ1n) is 9.46. The molecule has 2 aromatic rings. The summed E-state index contributed by atoms with van der Waals surface area (Å²) in [6.45, 7) is 3.03. The van der Waals surface area contributed by atoms with Gasteiger partial charge < -0.3 is 15.3 Å². The van der Waals surface area contributed by atoms with E-state index in [1.54, 1.807) is 29.2 Å². The van der Waals surface area contributed by atoms with Crippen LogP contribution in [-0.2, 0) is 4.79 Å². The Morgan fingerprint density at radius 3 is 2.43 bits per heavy atom. The average molecular weight is 380 g/mol. The van der Waals surface area contributed by atoms with E-state index in [1.807, 2.05) is 37.3 Å². The number of hydrogen-bond acceptors (Lipinski definition) is 3. The van der Waals surface area contributed by atoms with Crippen LogP contribution in [-0.4, -0.2) is 47.4 Å². The predicted molar refractivity (Wildman–Crippen MR) is 105 cm³/mol. The molecule has 0 saturated carbocycles. The number of aliphatic carboxylic acids is 1. The third kappa shape index (κ3) is 4.22. The number of amides is 2. The summed E-state index contributed by atoms with van der Waals surface area (Å²) in [5, 5.41) is 12.4. The molecule has 6 heteroatoms. The van der Waals surface area contributed by atoms with Gasteiger partial charge in [0.25, 0.3) is 11.8 Å². The second-order valence-electron chi connectivity index (χ2n) is 7.01. The first-order chi connectivity index (χ1) is 13.5. The topological polar surface area (TPSA) is 86.7 Å². The van der Waals surface area contributed by atoms with Crippen LogP contribution in [0.15, 0.2) is 54.6 Å². The van der Waals surface area contributed by atoms with Gasteiger partial charge in [0.2, 0.25) is 0 Å². The van der Waals surface area contributed by atoms with Crippen molar-refractivity contribution >= 4 is 17.8 Å². The Morgan fingerprint density at radius 2 is 1.75 bits per heavy atom. The molecule has 2 aromatic carbocycles. The molecule has 0 radical (unpaired) electrons. The Labute approximate surface area is 164 Å². The lowest BCUT2D eigenvalue weighted by Crippen LogP contribution is -2.30. The minimum atomic E-state index is -0.906. The van der Waals surface area contributed by atoms with Gasteiger partial charge in [0.15, 0.2) is 0 Å². The van der Waals surface area contributed by atoms with Crippen molar-refractivity contribution in [3.05, 3.63) is 71.3 Å². The monoisotopic (exact) mass is 380 g/mol. The molecule has 0 spiro atoms. The third-order valence-electron chi connectivity index (χ3n) is 5.06. The van der Waals surface area contributed by atoms with Crippen LogP contribution in [0.4, 0.5) is 0 Å². The van der Waals surface area contributed by atoms with Crippen LogP contribution < -0.4 is 5.32 Å². The predicted octanol–water partition coefficient (Wildman–Crippen LogP) is 2.77. The van der Waals surface area contributed by atoms with Crippen LogP contribution in [0, 0.1) is 5.92 Å². The number of rotatable bonds is 6. The number of benzene rings is 2. The minimum absolute atomic E-state index is 0.153. The summed E-state index contributed by atoms with van der Waals surface area (Å²) in [6, 6.07) is 16.0. The fourth-order valence-electron chi connectivity index (χ4n) is 3.57. The lowest BCUT2D eigenvalue weighted by Gasteiger charge is -2.17. The zero-order valence-corrected chi connectivity index (χ0v) is 15.8. The molecule has 0 aromatic heterocycles. The van der Waals surface area contributed by atoms with Gasteiger partial charge in [-0.1, -0.05) is 43.3 Å². The molecular formula is C22H24N2O4. The molecule has 1 fully saturated rings. The Kier molecular flexibility index (Phi) is 6.09. The molecule has 1 saturated heterocycles. The van der Waals surface area contributed by atoms with Crippen LogP contribution in [0.1, 0.15) is 45.5 Å². The van der Waals surface area contributed by atoms with Gasteiger partial charge in [-0.2, -0.15) is 0 Å². The van der Waals surface area contributed by atoms with Gasteiger partial charge in [0.1, 0.15) is 0 Å². The van der Waals surface area contributed by atoms with Gasteiger partial charge >= 0.3 is 5.97 Å². The number of carboxylic acid groups (broad SMARTS) is 1. The van der Waals surface area contributed by atoms with Crippen molar-refractivity contribution in [3.8, 4) is 0 Å². The SMILES string of the molecule is CCCNC(=O)c1cccc(C(=O)N2C[C@H](C(=O)O)[C@H](c3ccccc3)C2)c1. The highest BCUT2D eigenvalue weighted by atomic mass is 16.4. The van der Waals surface area contributed by atoms with E-state index in [0.717, 1.165) is 12.0 Å². The lowest BCUT2D eigenvalue weighted by molar-refractivity contribution is -0.141. The molecule has 2 atom stereocenters. The van der Waals surface area contributed by atoms with Gasteiger partial charge in [0.05, 0.1) is 5.92 Å². The van der Waals surface area contributed by atoms with E-state index < -0.39 is 11.9 Å². The molecule has 2 N–H and O–H groups in total. The summed E-state index contributed by atoms with van der Waals surface area (Å²) in [6.07, 6.45) is 0.829. The number of hydrogen-bond donors (Lipinski definition) is 2. The van der Waals surface area contributed by atoms with Crippen LogP contribution in [0.3, 0.4) is 0 Å². The summed E-state index contributed by atoms with van der Waals surface area (Å²) in [7, 11) is 0. The van der Waals surface area contributed by atoms with Crippen molar-refractivity contribution in [1.82, 2.24) is 10.2 Å². The van der Waals surface area contributed by atoms with E-state index in [2.05, 4.69) is 5.32 Å². The summed E-state index contributed by atoms with van der Waals surface area (Å²) in [4.78, 5) is 38.5. The summed E-state index contributed by atoms with van der Waals surface area (Å²) in [5.41, 5.74) is 1.73. The minimum Gasteiger partial charge on any atom is -0.481 e. The number of nitrogens with one attached hydrogen (secondary N) is 1. The number of carbonyl (C=O) groups excluding carboxylic acids is 2. The van der Waals surface area contributed by atoms with Crippen molar-refractivity contribution in [1.29, 1.82) is 0 Å². The number of carboxylic acids is 1. The summed E-state index contributed by atoms with van der Waals surface area (Å²) < 4.78 is 0. The van der Waals surface area contributed by atoms with E-state index in [1.165, 1.54) is 0 Å². The molecule has 6 nitrogen and oxygen atoms in total. The van der Waals surface area contributed by atoms with Crippen molar-refractivity contribution in [2.45, 2.75) is 19.3 Å². The highest BCUT2D eigenvalue weighted by Crippen LogP contribution is 2.33. The van der Waals surface area contributed by atoms with Gasteiger partial charge in [0, 0.05) is 36.7 Å². The van der Waals surface area contributed by atoms with E-state index in [-0.39, 0.29) is 24.3 Å². The van der Waals surface area contributed by atoms with Crippen LogP contribution in [0.2, 0.25) is 0 Å². The summed E-state index contributed by atoms with van der Waals surface area (Å²) >= 11 is 0. The maximum Gasteiger partial charge on any atom is 0.308 e.